The van der Waals surface area contributed by atoms with Gasteiger partial charge in [0.15, 0.2) is 0 Å². The third kappa shape index (κ3) is 2.40. The first-order chi connectivity index (χ1) is 7.53. The van der Waals surface area contributed by atoms with Crippen molar-refractivity contribution in [1.29, 1.82) is 0 Å². The maximum absolute atomic E-state index is 13.1. The van der Waals surface area contributed by atoms with E-state index in [9.17, 15) is 8.78 Å². The average Bonchev–Trinajstić information content (AvgIpc) is 2.98. The van der Waals surface area contributed by atoms with Crippen molar-refractivity contribution < 1.29 is 8.78 Å². The molecule has 1 fully saturated rings. The standard InChI is InChI=1S/C13H17F2N/c1-13(8-16,10-2-3-10)7-9-4-11(14)6-12(15)5-9/h4-6,10H,2-3,7-8,16H2,1H3. The highest BCUT2D eigenvalue weighted by Gasteiger charge is 2.40. The molecule has 16 heavy (non-hydrogen) atoms. The third-order valence-electron chi connectivity index (χ3n) is 3.56. The molecular weight excluding hydrogens is 208 g/mol. The molecule has 1 saturated carbocycles. The van der Waals surface area contributed by atoms with Crippen LogP contribution in [-0.4, -0.2) is 6.54 Å². The molecule has 0 aromatic heterocycles. The van der Waals surface area contributed by atoms with Crippen LogP contribution >= 0.6 is 0 Å². The summed E-state index contributed by atoms with van der Waals surface area (Å²) in [4.78, 5) is 0. The van der Waals surface area contributed by atoms with E-state index < -0.39 is 11.6 Å². The Bertz CT molecular complexity index is 367. The predicted molar refractivity (Wildman–Crippen MR) is 59.9 cm³/mol. The van der Waals surface area contributed by atoms with E-state index in [2.05, 4.69) is 6.92 Å². The largest absolute Gasteiger partial charge is 0.330 e. The second kappa shape index (κ2) is 4.13. The lowest BCUT2D eigenvalue weighted by atomic mass is 9.79. The molecule has 0 heterocycles. The summed E-state index contributed by atoms with van der Waals surface area (Å²) in [5.41, 5.74) is 6.48. The van der Waals surface area contributed by atoms with Gasteiger partial charge in [0.1, 0.15) is 11.6 Å². The van der Waals surface area contributed by atoms with Gasteiger partial charge in [-0.3, -0.25) is 0 Å². The van der Waals surface area contributed by atoms with Gasteiger partial charge in [-0.15, -0.1) is 0 Å². The molecule has 1 aliphatic rings. The van der Waals surface area contributed by atoms with E-state index in [1.807, 2.05) is 0 Å². The number of hydrogen-bond donors (Lipinski definition) is 1. The second-order valence-electron chi connectivity index (χ2n) is 5.09. The zero-order valence-corrected chi connectivity index (χ0v) is 9.47. The van der Waals surface area contributed by atoms with Crippen molar-refractivity contribution >= 4 is 0 Å². The van der Waals surface area contributed by atoms with Gasteiger partial charge in [0.2, 0.25) is 0 Å². The molecule has 2 N–H and O–H groups in total. The first kappa shape index (κ1) is 11.5. The summed E-state index contributed by atoms with van der Waals surface area (Å²) in [6, 6.07) is 3.71. The minimum absolute atomic E-state index is 0.0137. The van der Waals surface area contributed by atoms with Crippen LogP contribution in [0.4, 0.5) is 8.78 Å². The Morgan fingerprint density at radius 3 is 2.25 bits per heavy atom. The maximum atomic E-state index is 13.1. The van der Waals surface area contributed by atoms with Crippen LogP contribution in [0.3, 0.4) is 0 Å². The molecule has 2 rings (SSSR count). The molecule has 1 atom stereocenters. The summed E-state index contributed by atoms with van der Waals surface area (Å²) in [6.07, 6.45) is 3.03. The zero-order chi connectivity index (χ0) is 11.8. The van der Waals surface area contributed by atoms with Gasteiger partial charge in [-0.2, -0.15) is 0 Å². The SMILES string of the molecule is CC(CN)(Cc1cc(F)cc(F)c1)C1CC1. The van der Waals surface area contributed by atoms with E-state index in [0.717, 1.165) is 6.07 Å². The van der Waals surface area contributed by atoms with Gasteiger partial charge in [-0.25, -0.2) is 8.78 Å². The minimum Gasteiger partial charge on any atom is -0.330 e. The molecular formula is C13H17F2N. The average molecular weight is 225 g/mol. The Morgan fingerprint density at radius 1 is 1.25 bits per heavy atom. The predicted octanol–water partition coefficient (Wildman–Crippen LogP) is 2.88. The van der Waals surface area contributed by atoms with Crippen molar-refractivity contribution in [3.05, 3.63) is 35.4 Å². The summed E-state index contributed by atoms with van der Waals surface area (Å²) in [7, 11) is 0. The van der Waals surface area contributed by atoms with Crippen molar-refractivity contribution in [3.63, 3.8) is 0 Å². The quantitative estimate of drug-likeness (QED) is 0.837. The Balaban J connectivity index is 2.18. The Hall–Kier alpha value is -0.960. The fraction of sp³-hybridized carbons (Fsp3) is 0.538. The monoisotopic (exact) mass is 225 g/mol. The summed E-state index contributed by atoms with van der Waals surface area (Å²) in [6.45, 7) is 2.67. The number of nitrogens with two attached hydrogens (primary N) is 1. The normalized spacial score (nSPS) is 19.5. The molecule has 0 saturated heterocycles. The number of halogens is 2. The molecule has 1 aromatic rings. The van der Waals surface area contributed by atoms with E-state index >= 15 is 0 Å². The Morgan fingerprint density at radius 2 is 1.81 bits per heavy atom. The summed E-state index contributed by atoms with van der Waals surface area (Å²) >= 11 is 0. The van der Waals surface area contributed by atoms with Crippen LogP contribution in [-0.2, 0) is 6.42 Å². The van der Waals surface area contributed by atoms with Crippen LogP contribution in [0.15, 0.2) is 18.2 Å². The van der Waals surface area contributed by atoms with Crippen molar-refractivity contribution in [2.75, 3.05) is 6.54 Å². The molecule has 0 radical (unpaired) electrons. The minimum atomic E-state index is -0.509. The molecule has 0 spiro atoms. The first-order valence-corrected chi connectivity index (χ1v) is 5.68. The molecule has 1 aliphatic carbocycles. The van der Waals surface area contributed by atoms with Gasteiger partial charge in [0, 0.05) is 6.07 Å². The van der Waals surface area contributed by atoms with Crippen LogP contribution < -0.4 is 5.73 Å². The highest BCUT2D eigenvalue weighted by molar-refractivity contribution is 5.20. The van der Waals surface area contributed by atoms with Crippen molar-refractivity contribution in [1.82, 2.24) is 0 Å². The first-order valence-electron chi connectivity index (χ1n) is 5.68. The van der Waals surface area contributed by atoms with Crippen LogP contribution in [0.25, 0.3) is 0 Å². The molecule has 1 unspecified atom stereocenters. The Labute approximate surface area is 94.7 Å². The van der Waals surface area contributed by atoms with E-state index in [1.165, 1.54) is 25.0 Å². The smallest absolute Gasteiger partial charge is 0.126 e. The lowest BCUT2D eigenvalue weighted by molar-refractivity contribution is 0.281. The fourth-order valence-electron chi connectivity index (χ4n) is 2.34. The Kier molecular flexibility index (Phi) is 2.98. The van der Waals surface area contributed by atoms with Crippen LogP contribution in [0.5, 0.6) is 0 Å². The lowest BCUT2D eigenvalue weighted by Crippen LogP contribution is -2.31. The van der Waals surface area contributed by atoms with Crippen molar-refractivity contribution in [2.24, 2.45) is 17.1 Å². The van der Waals surface area contributed by atoms with Crippen LogP contribution in [0.2, 0.25) is 0 Å². The van der Waals surface area contributed by atoms with Gasteiger partial charge in [-0.05, 0) is 54.8 Å². The fourth-order valence-corrected chi connectivity index (χ4v) is 2.34. The lowest BCUT2D eigenvalue weighted by Gasteiger charge is -2.28. The molecule has 1 aromatic carbocycles. The third-order valence-corrected chi connectivity index (χ3v) is 3.56. The van der Waals surface area contributed by atoms with E-state index in [0.29, 0.717) is 24.4 Å². The molecule has 3 heteroatoms. The number of benzene rings is 1. The number of rotatable bonds is 4. The zero-order valence-electron chi connectivity index (χ0n) is 9.47. The van der Waals surface area contributed by atoms with Crippen LogP contribution in [0.1, 0.15) is 25.3 Å². The van der Waals surface area contributed by atoms with Gasteiger partial charge in [0.25, 0.3) is 0 Å². The summed E-state index contributed by atoms with van der Waals surface area (Å²) in [5, 5.41) is 0. The van der Waals surface area contributed by atoms with E-state index in [1.54, 1.807) is 0 Å². The summed E-state index contributed by atoms with van der Waals surface area (Å²) in [5.74, 6) is -0.404. The summed E-state index contributed by atoms with van der Waals surface area (Å²) < 4.78 is 26.1. The van der Waals surface area contributed by atoms with Gasteiger partial charge in [-0.1, -0.05) is 6.92 Å². The highest BCUT2D eigenvalue weighted by Crippen LogP contribution is 2.46. The highest BCUT2D eigenvalue weighted by atomic mass is 19.1. The van der Waals surface area contributed by atoms with E-state index in [4.69, 9.17) is 5.73 Å². The van der Waals surface area contributed by atoms with Gasteiger partial charge < -0.3 is 5.73 Å². The van der Waals surface area contributed by atoms with Crippen molar-refractivity contribution in [3.8, 4) is 0 Å². The number of hydrogen-bond acceptors (Lipinski definition) is 1. The van der Waals surface area contributed by atoms with Crippen LogP contribution in [0, 0.1) is 23.0 Å². The van der Waals surface area contributed by atoms with Gasteiger partial charge >= 0.3 is 0 Å². The molecule has 0 amide bonds. The second-order valence-corrected chi connectivity index (χ2v) is 5.09. The molecule has 88 valence electrons. The van der Waals surface area contributed by atoms with Gasteiger partial charge in [0.05, 0.1) is 0 Å². The molecule has 0 bridgehead atoms. The molecule has 1 nitrogen and oxygen atoms in total. The topological polar surface area (TPSA) is 26.0 Å². The maximum Gasteiger partial charge on any atom is 0.126 e. The van der Waals surface area contributed by atoms with E-state index in [-0.39, 0.29) is 5.41 Å². The molecule has 0 aliphatic heterocycles. The van der Waals surface area contributed by atoms with Crippen molar-refractivity contribution in [2.45, 2.75) is 26.2 Å².